The van der Waals surface area contributed by atoms with E-state index >= 15 is 0 Å². The maximum absolute atomic E-state index is 12.4. The Morgan fingerprint density at radius 2 is 2.00 bits per heavy atom. The summed E-state index contributed by atoms with van der Waals surface area (Å²) < 4.78 is 41.2. The molecule has 6 heteroatoms. The summed E-state index contributed by atoms with van der Waals surface area (Å²) in [5.41, 5.74) is 0. The molecule has 0 radical (unpaired) electrons. The molecule has 2 atom stereocenters. The summed E-state index contributed by atoms with van der Waals surface area (Å²) in [4.78, 5) is 21.6. The first kappa shape index (κ1) is 11.0. The summed E-state index contributed by atoms with van der Waals surface area (Å²) in [5.74, 6) is -5.29. The molecule has 0 aliphatic carbocycles. The highest BCUT2D eigenvalue weighted by molar-refractivity contribution is 5.90. The van der Waals surface area contributed by atoms with Gasteiger partial charge in [0, 0.05) is 0 Å². The van der Waals surface area contributed by atoms with Gasteiger partial charge in [-0.1, -0.05) is 6.92 Å². The Balaban J connectivity index is 2.89. The third kappa shape index (κ3) is 2.05. The van der Waals surface area contributed by atoms with Gasteiger partial charge in [-0.25, -0.2) is 0 Å². The highest BCUT2D eigenvalue weighted by Crippen LogP contribution is 2.39. The van der Waals surface area contributed by atoms with Gasteiger partial charge in [0.05, 0.1) is 18.3 Å². The number of carbonyl (C=O) groups is 2. The van der Waals surface area contributed by atoms with Crippen molar-refractivity contribution in [3.05, 3.63) is 0 Å². The molecule has 1 fully saturated rings. The third-order valence-electron chi connectivity index (χ3n) is 2.25. The fraction of sp³-hybridized carbons (Fsp3) is 0.750. The van der Waals surface area contributed by atoms with Crippen LogP contribution in [0.1, 0.15) is 19.8 Å². The standard InChI is InChI=1S/C8H9F3O3/c1-2-4-5(8(9,10)11)3-6(12)14-7(4)13/h4-5H,2-3H2,1H3. The van der Waals surface area contributed by atoms with Crippen LogP contribution in [0.2, 0.25) is 0 Å². The minimum absolute atomic E-state index is 0.0241. The van der Waals surface area contributed by atoms with Crippen LogP contribution < -0.4 is 0 Å². The van der Waals surface area contributed by atoms with Gasteiger partial charge in [-0.15, -0.1) is 0 Å². The Bertz CT molecular complexity index is 259. The first-order valence-electron chi connectivity index (χ1n) is 4.17. The van der Waals surface area contributed by atoms with Crippen LogP contribution in [0.3, 0.4) is 0 Å². The van der Waals surface area contributed by atoms with Gasteiger partial charge in [-0.3, -0.25) is 9.59 Å². The predicted molar refractivity (Wildman–Crippen MR) is 39.0 cm³/mol. The summed E-state index contributed by atoms with van der Waals surface area (Å²) in [6.07, 6.45) is -5.25. The lowest BCUT2D eigenvalue weighted by molar-refractivity contribution is -0.214. The summed E-state index contributed by atoms with van der Waals surface area (Å²) in [6.45, 7) is 1.46. The number of hydrogen-bond donors (Lipinski definition) is 0. The minimum atomic E-state index is -4.52. The van der Waals surface area contributed by atoms with E-state index in [1.54, 1.807) is 0 Å². The van der Waals surface area contributed by atoms with E-state index in [1.165, 1.54) is 6.92 Å². The van der Waals surface area contributed by atoms with Crippen LogP contribution in [0.4, 0.5) is 13.2 Å². The van der Waals surface area contributed by atoms with Crippen molar-refractivity contribution in [1.29, 1.82) is 0 Å². The minimum Gasteiger partial charge on any atom is -0.393 e. The maximum Gasteiger partial charge on any atom is 0.393 e. The van der Waals surface area contributed by atoms with E-state index < -0.39 is 36.4 Å². The quantitative estimate of drug-likeness (QED) is 0.488. The Hall–Kier alpha value is -1.07. The highest BCUT2D eigenvalue weighted by Gasteiger charge is 2.51. The zero-order chi connectivity index (χ0) is 10.9. The molecule has 1 aliphatic heterocycles. The van der Waals surface area contributed by atoms with Crippen LogP contribution in [0.5, 0.6) is 0 Å². The fourth-order valence-corrected chi connectivity index (χ4v) is 1.51. The Morgan fingerprint density at radius 3 is 2.43 bits per heavy atom. The second kappa shape index (κ2) is 3.59. The average molecular weight is 210 g/mol. The van der Waals surface area contributed by atoms with Crippen LogP contribution in [-0.2, 0) is 14.3 Å². The molecule has 1 rings (SSSR count). The van der Waals surface area contributed by atoms with Crippen LogP contribution in [-0.4, -0.2) is 18.1 Å². The van der Waals surface area contributed by atoms with Crippen molar-refractivity contribution >= 4 is 11.9 Å². The molecular formula is C8H9F3O3. The first-order valence-corrected chi connectivity index (χ1v) is 4.17. The lowest BCUT2D eigenvalue weighted by Gasteiger charge is -2.29. The van der Waals surface area contributed by atoms with Gasteiger partial charge in [0.2, 0.25) is 0 Å². The van der Waals surface area contributed by atoms with Crippen LogP contribution in [0.25, 0.3) is 0 Å². The Labute approximate surface area is 78.2 Å². The number of rotatable bonds is 1. The van der Waals surface area contributed by atoms with E-state index in [4.69, 9.17) is 0 Å². The summed E-state index contributed by atoms with van der Waals surface area (Å²) >= 11 is 0. The molecule has 0 aromatic carbocycles. The van der Waals surface area contributed by atoms with Crippen LogP contribution in [0, 0.1) is 11.8 Å². The van der Waals surface area contributed by atoms with Gasteiger partial charge < -0.3 is 4.74 Å². The highest BCUT2D eigenvalue weighted by atomic mass is 19.4. The second-order valence-electron chi connectivity index (χ2n) is 3.16. The van der Waals surface area contributed by atoms with Crippen LogP contribution >= 0.6 is 0 Å². The number of hydrogen-bond acceptors (Lipinski definition) is 3. The zero-order valence-corrected chi connectivity index (χ0v) is 7.43. The lowest BCUT2D eigenvalue weighted by atomic mass is 9.85. The van der Waals surface area contributed by atoms with Gasteiger partial charge in [0.1, 0.15) is 0 Å². The molecule has 0 amide bonds. The molecule has 0 spiro atoms. The van der Waals surface area contributed by atoms with Gasteiger partial charge in [-0.05, 0) is 6.42 Å². The van der Waals surface area contributed by atoms with E-state index in [-0.39, 0.29) is 6.42 Å². The van der Waals surface area contributed by atoms with E-state index in [0.29, 0.717) is 0 Å². The van der Waals surface area contributed by atoms with Crippen molar-refractivity contribution in [2.24, 2.45) is 11.8 Å². The normalized spacial score (nSPS) is 28.9. The monoisotopic (exact) mass is 210 g/mol. The van der Waals surface area contributed by atoms with E-state index in [0.717, 1.165) is 0 Å². The number of cyclic esters (lactones) is 2. The first-order chi connectivity index (χ1) is 6.36. The fourth-order valence-electron chi connectivity index (χ4n) is 1.51. The molecule has 2 unspecified atom stereocenters. The van der Waals surface area contributed by atoms with Crippen LogP contribution in [0.15, 0.2) is 0 Å². The number of esters is 2. The number of halogens is 3. The Kier molecular flexibility index (Phi) is 2.82. The van der Waals surface area contributed by atoms with Crippen molar-refractivity contribution in [2.75, 3.05) is 0 Å². The van der Waals surface area contributed by atoms with Crippen molar-refractivity contribution in [2.45, 2.75) is 25.9 Å². The topological polar surface area (TPSA) is 43.4 Å². The average Bonchev–Trinajstić information content (AvgIpc) is 2.01. The molecule has 0 aromatic rings. The molecule has 3 nitrogen and oxygen atoms in total. The van der Waals surface area contributed by atoms with E-state index in [9.17, 15) is 22.8 Å². The molecule has 0 aromatic heterocycles. The molecule has 80 valence electrons. The molecular weight excluding hydrogens is 201 g/mol. The van der Waals surface area contributed by atoms with Crippen molar-refractivity contribution in [3.63, 3.8) is 0 Å². The summed E-state index contributed by atoms with van der Waals surface area (Å²) in [6, 6.07) is 0. The predicted octanol–water partition coefficient (Wildman–Crippen LogP) is 1.66. The molecule has 1 aliphatic rings. The largest absolute Gasteiger partial charge is 0.393 e. The van der Waals surface area contributed by atoms with Gasteiger partial charge in [0.15, 0.2) is 0 Å². The number of ether oxygens (including phenoxy) is 1. The lowest BCUT2D eigenvalue weighted by Crippen LogP contribution is -2.42. The van der Waals surface area contributed by atoms with E-state index in [2.05, 4.69) is 4.74 Å². The third-order valence-corrected chi connectivity index (χ3v) is 2.25. The van der Waals surface area contributed by atoms with Crippen molar-refractivity contribution in [1.82, 2.24) is 0 Å². The molecule has 14 heavy (non-hydrogen) atoms. The smallest absolute Gasteiger partial charge is 0.393 e. The van der Waals surface area contributed by atoms with Gasteiger partial charge >= 0.3 is 18.1 Å². The maximum atomic E-state index is 12.4. The van der Waals surface area contributed by atoms with Crippen molar-refractivity contribution in [3.8, 4) is 0 Å². The molecule has 0 saturated carbocycles. The summed E-state index contributed by atoms with van der Waals surface area (Å²) in [5, 5.41) is 0. The zero-order valence-electron chi connectivity index (χ0n) is 7.43. The second-order valence-corrected chi connectivity index (χ2v) is 3.16. The summed E-state index contributed by atoms with van der Waals surface area (Å²) in [7, 11) is 0. The van der Waals surface area contributed by atoms with Gasteiger partial charge in [0.25, 0.3) is 0 Å². The number of alkyl halides is 3. The SMILES string of the molecule is CCC1C(=O)OC(=O)CC1C(F)(F)F. The Morgan fingerprint density at radius 1 is 1.43 bits per heavy atom. The molecule has 0 bridgehead atoms. The van der Waals surface area contributed by atoms with Gasteiger partial charge in [-0.2, -0.15) is 13.2 Å². The number of carbonyl (C=O) groups excluding carboxylic acids is 2. The molecule has 0 N–H and O–H groups in total. The molecule has 1 saturated heterocycles. The van der Waals surface area contributed by atoms with E-state index in [1.807, 2.05) is 0 Å². The van der Waals surface area contributed by atoms with Crippen molar-refractivity contribution < 1.29 is 27.5 Å². The molecule has 1 heterocycles.